The monoisotopic (exact) mass is 399 g/mol. The van der Waals surface area contributed by atoms with Crippen molar-refractivity contribution < 1.29 is 9.72 Å². The van der Waals surface area contributed by atoms with Crippen molar-refractivity contribution in [3.63, 3.8) is 0 Å². The van der Waals surface area contributed by atoms with Crippen LogP contribution in [-0.4, -0.2) is 42.0 Å². The first-order valence-corrected chi connectivity index (χ1v) is 9.02. The molecule has 1 aliphatic heterocycles. The van der Waals surface area contributed by atoms with Gasteiger partial charge in [0.1, 0.15) is 5.69 Å². The molecule has 1 heterocycles. The Kier molecular flexibility index (Phi) is 5.66. The summed E-state index contributed by atoms with van der Waals surface area (Å²) in [5, 5.41) is 23.7. The zero-order valence-corrected chi connectivity index (χ0v) is 15.9. The van der Waals surface area contributed by atoms with Gasteiger partial charge < -0.3 is 15.1 Å². The van der Waals surface area contributed by atoms with E-state index in [1.54, 1.807) is 29.2 Å². The maximum absolute atomic E-state index is 12.5. The summed E-state index contributed by atoms with van der Waals surface area (Å²) in [5.74, 6) is 0. The highest BCUT2D eigenvalue weighted by Crippen LogP contribution is 2.30. The number of hydrogen-bond donors (Lipinski definition) is 1. The molecule has 0 radical (unpaired) electrons. The van der Waals surface area contributed by atoms with E-state index in [0.717, 1.165) is 5.56 Å². The van der Waals surface area contributed by atoms with Crippen LogP contribution in [0.2, 0.25) is 5.02 Å². The molecular formula is C19H18ClN5O3. The number of anilines is 2. The quantitative estimate of drug-likeness (QED) is 0.624. The number of aryl methyl sites for hydroxylation is 1. The van der Waals surface area contributed by atoms with Crippen LogP contribution in [0.4, 0.5) is 21.9 Å². The lowest BCUT2D eigenvalue weighted by Crippen LogP contribution is -2.50. The van der Waals surface area contributed by atoms with E-state index in [-0.39, 0.29) is 17.3 Å². The van der Waals surface area contributed by atoms with Gasteiger partial charge in [-0.2, -0.15) is 5.26 Å². The molecule has 0 aliphatic carbocycles. The Hall–Kier alpha value is -3.31. The first-order chi connectivity index (χ1) is 13.4. The number of nitrogens with one attached hydrogen (secondary N) is 1. The number of piperazine rings is 1. The van der Waals surface area contributed by atoms with Crippen LogP contribution in [-0.2, 0) is 0 Å². The summed E-state index contributed by atoms with van der Waals surface area (Å²) in [6.45, 7) is 3.63. The number of nitro benzene ring substituents is 1. The summed E-state index contributed by atoms with van der Waals surface area (Å²) < 4.78 is 0. The van der Waals surface area contributed by atoms with Crippen molar-refractivity contribution in [3.05, 3.63) is 62.7 Å². The second kappa shape index (κ2) is 8.15. The number of hydrogen-bond acceptors (Lipinski definition) is 5. The summed E-state index contributed by atoms with van der Waals surface area (Å²) in [7, 11) is 0. The number of benzene rings is 2. The van der Waals surface area contributed by atoms with Crippen LogP contribution in [0.1, 0.15) is 11.1 Å². The average molecular weight is 400 g/mol. The molecule has 28 heavy (non-hydrogen) atoms. The molecule has 144 valence electrons. The predicted molar refractivity (Wildman–Crippen MR) is 107 cm³/mol. The Bertz CT molecular complexity index is 965. The molecule has 9 heteroatoms. The maximum Gasteiger partial charge on any atom is 0.321 e. The molecule has 2 aromatic carbocycles. The number of carbonyl (C=O) groups is 1. The van der Waals surface area contributed by atoms with Gasteiger partial charge in [-0.15, -0.1) is 0 Å². The SMILES string of the molecule is Cc1ccc(NC(=O)N2CCN(c3ccc(C#N)cc3[N+](=O)[O-])CC2)cc1Cl. The van der Waals surface area contributed by atoms with Crippen molar-refractivity contribution in [2.45, 2.75) is 6.92 Å². The van der Waals surface area contributed by atoms with Gasteiger partial charge in [-0.25, -0.2) is 4.79 Å². The van der Waals surface area contributed by atoms with Crippen molar-refractivity contribution in [1.29, 1.82) is 5.26 Å². The van der Waals surface area contributed by atoms with Crippen LogP contribution < -0.4 is 10.2 Å². The highest BCUT2D eigenvalue weighted by Gasteiger charge is 2.26. The average Bonchev–Trinajstić information content (AvgIpc) is 2.70. The lowest BCUT2D eigenvalue weighted by Gasteiger charge is -2.35. The molecule has 0 saturated carbocycles. The van der Waals surface area contributed by atoms with Crippen molar-refractivity contribution >= 4 is 34.7 Å². The van der Waals surface area contributed by atoms with E-state index in [0.29, 0.717) is 42.6 Å². The third-order valence-corrected chi connectivity index (χ3v) is 5.04. The lowest BCUT2D eigenvalue weighted by molar-refractivity contribution is -0.384. The molecule has 2 amide bonds. The van der Waals surface area contributed by atoms with Gasteiger partial charge in [0, 0.05) is 43.0 Å². The minimum Gasteiger partial charge on any atom is -0.362 e. The van der Waals surface area contributed by atoms with E-state index in [4.69, 9.17) is 16.9 Å². The van der Waals surface area contributed by atoms with Gasteiger partial charge in [-0.3, -0.25) is 10.1 Å². The molecule has 1 aliphatic rings. The first kappa shape index (κ1) is 19.5. The van der Waals surface area contributed by atoms with E-state index in [9.17, 15) is 14.9 Å². The van der Waals surface area contributed by atoms with Crippen LogP contribution in [0.3, 0.4) is 0 Å². The summed E-state index contributed by atoms with van der Waals surface area (Å²) in [6, 6.07) is 11.4. The van der Waals surface area contributed by atoms with Crippen LogP contribution >= 0.6 is 11.6 Å². The van der Waals surface area contributed by atoms with E-state index < -0.39 is 4.92 Å². The molecular weight excluding hydrogens is 382 g/mol. The highest BCUT2D eigenvalue weighted by molar-refractivity contribution is 6.31. The zero-order valence-electron chi connectivity index (χ0n) is 15.2. The lowest BCUT2D eigenvalue weighted by atomic mass is 10.1. The van der Waals surface area contributed by atoms with Crippen molar-refractivity contribution in [3.8, 4) is 6.07 Å². The molecule has 0 unspecified atom stereocenters. The Morgan fingerprint density at radius 3 is 2.54 bits per heavy atom. The molecule has 1 fully saturated rings. The molecule has 0 spiro atoms. The van der Waals surface area contributed by atoms with E-state index in [2.05, 4.69) is 5.32 Å². The second-order valence-corrected chi connectivity index (χ2v) is 6.85. The number of urea groups is 1. The first-order valence-electron chi connectivity index (χ1n) is 8.64. The molecule has 1 saturated heterocycles. The number of carbonyl (C=O) groups excluding carboxylic acids is 1. The molecule has 1 N–H and O–H groups in total. The largest absolute Gasteiger partial charge is 0.362 e. The molecule has 3 rings (SSSR count). The fourth-order valence-electron chi connectivity index (χ4n) is 3.03. The molecule has 2 aromatic rings. The third kappa shape index (κ3) is 4.15. The predicted octanol–water partition coefficient (Wildman–Crippen LogP) is 3.78. The van der Waals surface area contributed by atoms with Crippen molar-refractivity contribution in [1.82, 2.24) is 4.90 Å². The van der Waals surface area contributed by atoms with Crippen LogP contribution in [0, 0.1) is 28.4 Å². The summed E-state index contributed by atoms with van der Waals surface area (Å²) >= 11 is 6.09. The minimum atomic E-state index is -0.490. The van der Waals surface area contributed by atoms with E-state index in [1.807, 2.05) is 24.0 Å². The minimum absolute atomic E-state index is 0.105. The Balaban J connectivity index is 1.66. The third-order valence-electron chi connectivity index (χ3n) is 4.63. The summed E-state index contributed by atoms with van der Waals surface area (Å²) in [5.41, 5.74) is 2.13. The molecule has 0 bridgehead atoms. The molecule has 0 atom stereocenters. The van der Waals surface area contributed by atoms with Crippen molar-refractivity contribution in [2.24, 2.45) is 0 Å². The van der Waals surface area contributed by atoms with Crippen molar-refractivity contribution in [2.75, 3.05) is 36.4 Å². The number of halogens is 1. The highest BCUT2D eigenvalue weighted by atomic mass is 35.5. The molecule has 0 aromatic heterocycles. The van der Waals surface area contributed by atoms with Gasteiger partial charge in [0.15, 0.2) is 0 Å². The number of rotatable bonds is 3. The Labute approximate surface area is 167 Å². The number of nitro groups is 1. The van der Waals surface area contributed by atoms with Crippen LogP contribution in [0.5, 0.6) is 0 Å². The van der Waals surface area contributed by atoms with Gasteiger partial charge in [0.05, 0.1) is 16.6 Å². The van der Waals surface area contributed by atoms with Gasteiger partial charge >= 0.3 is 6.03 Å². The van der Waals surface area contributed by atoms with Gasteiger partial charge in [-0.1, -0.05) is 17.7 Å². The fourth-order valence-corrected chi connectivity index (χ4v) is 3.21. The Morgan fingerprint density at radius 2 is 1.93 bits per heavy atom. The van der Waals surface area contributed by atoms with Gasteiger partial charge in [0.2, 0.25) is 0 Å². The normalized spacial score (nSPS) is 13.8. The van der Waals surface area contributed by atoms with E-state index in [1.165, 1.54) is 6.07 Å². The second-order valence-electron chi connectivity index (χ2n) is 6.44. The van der Waals surface area contributed by atoms with Crippen LogP contribution in [0.25, 0.3) is 0 Å². The number of nitrogens with zero attached hydrogens (tertiary/aromatic N) is 4. The standard InChI is InChI=1S/C19H18ClN5O3/c1-13-2-4-15(11-16(13)20)22-19(26)24-8-6-23(7-9-24)17-5-3-14(12-21)10-18(17)25(27)28/h2-5,10-11H,6-9H2,1H3,(H,22,26). The van der Waals surface area contributed by atoms with Gasteiger partial charge in [0.25, 0.3) is 5.69 Å². The number of nitriles is 1. The zero-order chi connectivity index (χ0) is 20.3. The number of amides is 2. The smallest absolute Gasteiger partial charge is 0.321 e. The summed E-state index contributed by atoms with van der Waals surface area (Å²) in [4.78, 5) is 26.8. The summed E-state index contributed by atoms with van der Waals surface area (Å²) in [6.07, 6.45) is 0. The van der Waals surface area contributed by atoms with Crippen LogP contribution in [0.15, 0.2) is 36.4 Å². The topological polar surface area (TPSA) is 103 Å². The van der Waals surface area contributed by atoms with Gasteiger partial charge in [-0.05, 0) is 36.8 Å². The molecule has 8 nitrogen and oxygen atoms in total. The maximum atomic E-state index is 12.5. The van der Waals surface area contributed by atoms with E-state index >= 15 is 0 Å². The fraction of sp³-hybridized carbons (Fsp3) is 0.263. The Morgan fingerprint density at radius 1 is 1.21 bits per heavy atom.